The summed E-state index contributed by atoms with van der Waals surface area (Å²) in [6, 6.07) is 8.24. The van der Waals surface area contributed by atoms with E-state index in [-0.39, 0.29) is 16.9 Å². The van der Waals surface area contributed by atoms with E-state index in [4.69, 9.17) is 17.4 Å². The van der Waals surface area contributed by atoms with Crippen molar-refractivity contribution in [3.8, 4) is 5.82 Å². The van der Waals surface area contributed by atoms with E-state index in [1.165, 1.54) is 0 Å². The smallest absolute Gasteiger partial charge is 0.272 e. The Morgan fingerprint density at radius 3 is 2.54 bits per heavy atom. The van der Waals surface area contributed by atoms with Crippen molar-refractivity contribution in [3.05, 3.63) is 72.4 Å². The number of pyridine rings is 1. The van der Waals surface area contributed by atoms with Gasteiger partial charge in [-0.1, -0.05) is 27.5 Å². The molecule has 2 amide bonds. The zero-order chi connectivity index (χ0) is 20.4. The molecule has 3 rings (SSSR count). The summed E-state index contributed by atoms with van der Waals surface area (Å²) < 4.78 is 3.36. The highest BCUT2D eigenvalue weighted by atomic mass is 79.9. The van der Waals surface area contributed by atoms with Crippen LogP contribution >= 0.6 is 59.4 Å². The van der Waals surface area contributed by atoms with Gasteiger partial charge in [-0.05, 0) is 62.2 Å². The summed E-state index contributed by atoms with van der Waals surface area (Å²) in [6.07, 6.45) is 3.25. The lowest BCUT2D eigenvalue weighted by atomic mass is 10.1. The first kappa shape index (κ1) is 21.0. The van der Waals surface area contributed by atoms with Crippen LogP contribution in [0.4, 0.5) is 5.69 Å². The van der Waals surface area contributed by atoms with Crippen LogP contribution in [-0.2, 0) is 0 Å². The van der Waals surface area contributed by atoms with Gasteiger partial charge in [-0.3, -0.25) is 19.6 Å². The van der Waals surface area contributed by atoms with Crippen molar-refractivity contribution in [2.75, 3.05) is 5.32 Å². The largest absolute Gasteiger partial charge is 0.319 e. The number of rotatable bonds is 4. The number of carbonyl (C=O) groups is 2. The van der Waals surface area contributed by atoms with Gasteiger partial charge in [0.2, 0.25) is 0 Å². The highest BCUT2D eigenvalue weighted by Crippen LogP contribution is 2.32. The molecule has 0 aliphatic heterocycles. The first-order valence-corrected chi connectivity index (χ1v) is 10.4. The van der Waals surface area contributed by atoms with E-state index in [2.05, 4.69) is 63.5 Å². The number of hydrogen-bond donors (Lipinski definition) is 3. The number of hydrogen-bond acceptors (Lipinski definition) is 4. The molecule has 144 valence electrons. The minimum absolute atomic E-state index is 0.185. The average molecular weight is 592 g/mol. The zero-order valence-corrected chi connectivity index (χ0v) is 19.4. The number of nitrogen functional groups attached to an aromatic ring is 1. The molecule has 0 bridgehead atoms. The molecule has 0 spiro atoms. The van der Waals surface area contributed by atoms with Gasteiger partial charge in [0, 0.05) is 25.8 Å². The van der Waals surface area contributed by atoms with Crippen molar-refractivity contribution >= 4 is 76.9 Å². The second-order valence-corrected chi connectivity index (χ2v) is 8.55. The Labute approximate surface area is 190 Å². The molecule has 1 aromatic carbocycles. The lowest BCUT2D eigenvalue weighted by Gasteiger charge is -2.14. The molecular weight excluding hydrogens is 581 g/mol. The van der Waals surface area contributed by atoms with Crippen LogP contribution < -0.4 is 16.6 Å². The Morgan fingerprint density at radius 1 is 1.11 bits per heavy atom. The highest BCUT2D eigenvalue weighted by Gasteiger charge is 2.21. The fourth-order valence-electron chi connectivity index (χ4n) is 2.47. The van der Waals surface area contributed by atoms with Gasteiger partial charge in [-0.15, -0.1) is 0 Å². The second kappa shape index (κ2) is 8.75. The van der Waals surface area contributed by atoms with Gasteiger partial charge in [0.1, 0.15) is 5.69 Å². The SMILES string of the molecule is NNC(=O)c1cc(Br)cc(Br)c1NC(=O)c1cc(Br)cn1-c1ncccc1Cl. The molecule has 0 unspecified atom stereocenters. The Morgan fingerprint density at radius 2 is 1.86 bits per heavy atom. The third-order valence-corrected chi connectivity index (χ3v) is 5.47. The summed E-state index contributed by atoms with van der Waals surface area (Å²) >= 11 is 16.3. The van der Waals surface area contributed by atoms with Crippen molar-refractivity contribution in [1.29, 1.82) is 0 Å². The molecule has 0 atom stereocenters. The fourth-order valence-corrected chi connectivity index (χ4v) is 4.43. The number of hydrazine groups is 1. The molecule has 0 aliphatic carbocycles. The third-order valence-electron chi connectivity index (χ3n) is 3.66. The molecule has 0 aliphatic rings. The molecule has 4 N–H and O–H groups in total. The minimum atomic E-state index is -0.554. The molecule has 2 aromatic heterocycles. The van der Waals surface area contributed by atoms with Gasteiger partial charge < -0.3 is 5.32 Å². The predicted octanol–water partition coefficient (Wildman–Crippen LogP) is 4.67. The number of nitrogens with one attached hydrogen (secondary N) is 2. The van der Waals surface area contributed by atoms with Crippen molar-refractivity contribution in [3.63, 3.8) is 0 Å². The standard InChI is InChI=1S/C17H11Br3ClN5O2/c18-8-4-10(16(27)25-22)14(11(20)5-8)24-17(28)13-6-9(19)7-26(13)15-12(21)2-1-3-23-15/h1-7H,22H2,(H,24,28)(H,25,27). The van der Waals surface area contributed by atoms with Gasteiger partial charge >= 0.3 is 0 Å². The Balaban J connectivity index is 2.05. The molecule has 0 fully saturated rings. The van der Waals surface area contributed by atoms with Crippen LogP contribution in [0.15, 0.2) is 56.1 Å². The Kier molecular flexibility index (Phi) is 6.56. The van der Waals surface area contributed by atoms with E-state index in [9.17, 15) is 9.59 Å². The highest BCUT2D eigenvalue weighted by molar-refractivity contribution is 9.11. The maximum Gasteiger partial charge on any atom is 0.272 e. The third kappa shape index (κ3) is 4.31. The maximum atomic E-state index is 13.0. The minimum Gasteiger partial charge on any atom is -0.319 e. The van der Waals surface area contributed by atoms with Crippen LogP contribution in [-0.4, -0.2) is 21.4 Å². The molecule has 2 heterocycles. The summed E-state index contributed by atoms with van der Waals surface area (Å²) in [5.41, 5.74) is 2.79. The van der Waals surface area contributed by atoms with Gasteiger partial charge in [-0.25, -0.2) is 10.8 Å². The van der Waals surface area contributed by atoms with Crippen molar-refractivity contribution in [1.82, 2.24) is 15.0 Å². The maximum absolute atomic E-state index is 13.0. The van der Waals surface area contributed by atoms with Crippen LogP contribution in [0.1, 0.15) is 20.8 Å². The molecule has 3 aromatic rings. The van der Waals surface area contributed by atoms with E-state index in [0.717, 1.165) is 0 Å². The van der Waals surface area contributed by atoms with Crippen molar-refractivity contribution < 1.29 is 9.59 Å². The van der Waals surface area contributed by atoms with E-state index in [0.29, 0.717) is 24.3 Å². The number of anilines is 1. The zero-order valence-electron chi connectivity index (χ0n) is 13.8. The number of carbonyl (C=O) groups excluding carboxylic acids is 2. The molecule has 0 saturated heterocycles. The molecule has 7 nitrogen and oxygen atoms in total. The summed E-state index contributed by atoms with van der Waals surface area (Å²) in [5.74, 6) is 4.63. The number of benzene rings is 1. The molecule has 0 saturated carbocycles. The summed E-state index contributed by atoms with van der Waals surface area (Å²) in [6.45, 7) is 0. The number of aromatic nitrogens is 2. The van der Waals surface area contributed by atoms with Crippen molar-refractivity contribution in [2.45, 2.75) is 0 Å². The molecule has 28 heavy (non-hydrogen) atoms. The first-order valence-electron chi connectivity index (χ1n) is 7.62. The van der Waals surface area contributed by atoms with E-state index in [1.54, 1.807) is 47.3 Å². The van der Waals surface area contributed by atoms with Crippen LogP contribution in [0.25, 0.3) is 5.82 Å². The van der Waals surface area contributed by atoms with Gasteiger partial charge in [0.25, 0.3) is 11.8 Å². The number of amides is 2. The Hall–Kier alpha value is -1.72. The summed E-state index contributed by atoms with van der Waals surface area (Å²) in [5, 5.41) is 3.13. The van der Waals surface area contributed by atoms with E-state index in [1.807, 2.05) is 0 Å². The van der Waals surface area contributed by atoms with Gasteiger partial charge in [0.15, 0.2) is 5.82 Å². The number of nitrogens with two attached hydrogens (primary N) is 1. The molecule has 0 radical (unpaired) electrons. The van der Waals surface area contributed by atoms with Crippen LogP contribution in [0.2, 0.25) is 5.02 Å². The van der Waals surface area contributed by atoms with Gasteiger partial charge in [-0.2, -0.15) is 0 Å². The van der Waals surface area contributed by atoms with Crippen LogP contribution in [0, 0.1) is 0 Å². The second-order valence-electron chi connectivity index (χ2n) is 5.46. The van der Waals surface area contributed by atoms with Crippen LogP contribution in [0.5, 0.6) is 0 Å². The normalized spacial score (nSPS) is 10.6. The van der Waals surface area contributed by atoms with Crippen LogP contribution in [0.3, 0.4) is 0 Å². The number of nitrogens with zero attached hydrogens (tertiary/aromatic N) is 2. The summed E-state index contributed by atoms with van der Waals surface area (Å²) in [4.78, 5) is 29.4. The monoisotopic (exact) mass is 589 g/mol. The van der Waals surface area contributed by atoms with Crippen molar-refractivity contribution in [2.24, 2.45) is 5.84 Å². The van der Waals surface area contributed by atoms with Gasteiger partial charge in [0.05, 0.1) is 16.3 Å². The average Bonchev–Trinajstić information content (AvgIpc) is 3.05. The van der Waals surface area contributed by atoms with E-state index >= 15 is 0 Å². The van der Waals surface area contributed by atoms with E-state index < -0.39 is 11.8 Å². The Bertz CT molecular complexity index is 1090. The molecular formula is C17H11Br3ClN5O2. The fraction of sp³-hybridized carbons (Fsp3) is 0. The first-order chi connectivity index (χ1) is 13.3. The lowest BCUT2D eigenvalue weighted by molar-refractivity contribution is 0.0954. The topological polar surface area (TPSA) is 102 Å². The number of halogens is 4. The molecule has 11 heteroatoms. The summed E-state index contributed by atoms with van der Waals surface area (Å²) in [7, 11) is 0. The lowest BCUT2D eigenvalue weighted by Crippen LogP contribution is -2.31. The predicted molar refractivity (Wildman–Crippen MR) is 118 cm³/mol. The quantitative estimate of drug-likeness (QED) is 0.233.